The van der Waals surface area contributed by atoms with Gasteiger partial charge in [0.25, 0.3) is 0 Å². The molecule has 0 aliphatic rings. The molecule has 0 spiro atoms. The van der Waals surface area contributed by atoms with Gasteiger partial charge in [-0.15, -0.1) is 0 Å². The normalized spacial score (nSPS) is 13.3. The highest BCUT2D eigenvalue weighted by molar-refractivity contribution is 5.76. The zero-order valence-corrected chi connectivity index (χ0v) is 10.5. The summed E-state index contributed by atoms with van der Waals surface area (Å²) >= 11 is 0. The number of amides is 1. The SMILES string of the molecule is CC(C)CNC(=O)CC(CN)CC(C)C. The molecule has 0 saturated heterocycles. The van der Waals surface area contributed by atoms with E-state index in [4.69, 9.17) is 5.73 Å². The lowest BCUT2D eigenvalue weighted by molar-refractivity contribution is -0.122. The van der Waals surface area contributed by atoms with Crippen LogP contribution in [0.3, 0.4) is 0 Å². The van der Waals surface area contributed by atoms with E-state index in [9.17, 15) is 4.79 Å². The summed E-state index contributed by atoms with van der Waals surface area (Å²) in [4.78, 5) is 11.5. The highest BCUT2D eigenvalue weighted by Gasteiger charge is 2.13. The molecule has 0 saturated carbocycles. The molecule has 0 heterocycles. The van der Waals surface area contributed by atoms with E-state index in [1.54, 1.807) is 0 Å². The van der Waals surface area contributed by atoms with Crippen molar-refractivity contribution in [1.82, 2.24) is 5.32 Å². The molecule has 1 atom stereocenters. The van der Waals surface area contributed by atoms with E-state index in [1.165, 1.54) is 0 Å². The first-order valence-corrected chi connectivity index (χ1v) is 5.92. The summed E-state index contributed by atoms with van der Waals surface area (Å²) in [5, 5.41) is 2.93. The van der Waals surface area contributed by atoms with Crippen LogP contribution in [0, 0.1) is 17.8 Å². The van der Waals surface area contributed by atoms with E-state index in [2.05, 4.69) is 33.0 Å². The molecular weight excluding hydrogens is 188 g/mol. The average Bonchev–Trinajstić information content (AvgIpc) is 2.13. The summed E-state index contributed by atoms with van der Waals surface area (Å²) in [5.74, 6) is 1.59. The summed E-state index contributed by atoms with van der Waals surface area (Å²) in [6.07, 6.45) is 1.60. The number of carbonyl (C=O) groups excluding carboxylic acids is 1. The second-order valence-electron chi connectivity index (χ2n) is 5.13. The van der Waals surface area contributed by atoms with Gasteiger partial charge in [0, 0.05) is 13.0 Å². The third-order valence-electron chi connectivity index (χ3n) is 2.32. The Bertz CT molecular complexity index is 178. The minimum atomic E-state index is 0.139. The zero-order chi connectivity index (χ0) is 11.8. The third kappa shape index (κ3) is 8.43. The first-order valence-electron chi connectivity index (χ1n) is 5.92. The molecule has 0 aromatic carbocycles. The van der Waals surface area contributed by atoms with Crippen molar-refractivity contribution >= 4 is 5.91 Å². The molecule has 0 aliphatic carbocycles. The molecule has 1 amide bonds. The predicted octanol–water partition coefficient (Wildman–Crippen LogP) is 1.77. The van der Waals surface area contributed by atoms with Crippen LogP contribution in [0.15, 0.2) is 0 Å². The van der Waals surface area contributed by atoms with E-state index >= 15 is 0 Å². The summed E-state index contributed by atoms with van der Waals surface area (Å²) in [6, 6.07) is 0. The molecule has 0 bridgehead atoms. The molecule has 0 aromatic heterocycles. The van der Waals surface area contributed by atoms with Gasteiger partial charge in [-0.2, -0.15) is 0 Å². The van der Waals surface area contributed by atoms with Gasteiger partial charge < -0.3 is 11.1 Å². The van der Waals surface area contributed by atoms with E-state index in [0.717, 1.165) is 13.0 Å². The predicted molar refractivity (Wildman–Crippen MR) is 64.5 cm³/mol. The van der Waals surface area contributed by atoms with Crippen LogP contribution in [0.2, 0.25) is 0 Å². The maximum atomic E-state index is 11.5. The highest BCUT2D eigenvalue weighted by atomic mass is 16.1. The molecule has 15 heavy (non-hydrogen) atoms. The zero-order valence-electron chi connectivity index (χ0n) is 10.5. The summed E-state index contributed by atoms with van der Waals surface area (Å²) in [5.41, 5.74) is 5.65. The van der Waals surface area contributed by atoms with Gasteiger partial charge in [0.15, 0.2) is 0 Å². The summed E-state index contributed by atoms with van der Waals surface area (Å²) in [6.45, 7) is 9.87. The molecule has 0 fully saturated rings. The van der Waals surface area contributed by atoms with Crippen LogP contribution in [-0.4, -0.2) is 19.0 Å². The van der Waals surface area contributed by atoms with E-state index in [0.29, 0.717) is 30.7 Å². The summed E-state index contributed by atoms with van der Waals surface area (Å²) < 4.78 is 0. The number of hydrogen-bond donors (Lipinski definition) is 2. The Labute approximate surface area is 93.8 Å². The molecule has 0 aromatic rings. The third-order valence-corrected chi connectivity index (χ3v) is 2.32. The van der Waals surface area contributed by atoms with Crippen LogP contribution < -0.4 is 11.1 Å². The molecule has 3 heteroatoms. The number of carbonyl (C=O) groups is 1. The Morgan fingerprint density at radius 3 is 2.20 bits per heavy atom. The minimum absolute atomic E-state index is 0.139. The summed E-state index contributed by atoms with van der Waals surface area (Å²) in [7, 11) is 0. The largest absolute Gasteiger partial charge is 0.356 e. The van der Waals surface area contributed by atoms with Crippen LogP contribution in [0.4, 0.5) is 0 Å². The quantitative estimate of drug-likeness (QED) is 0.678. The van der Waals surface area contributed by atoms with Crippen molar-refractivity contribution in [2.45, 2.75) is 40.5 Å². The second-order valence-corrected chi connectivity index (χ2v) is 5.13. The standard InChI is InChI=1S/C12H26N2O/c1-9(2)5-11(7-13)6-12(15)14-8-10(3)4/h9-11H,5-8,13H2,1-4H3,(H,14,15). The smallest absolute Gasteiger partial charge is 0.220 e. The van der Waals surface area contributed by atoms with Crippen LogP contribution in [-0.2, 0) is 4.79 Å². The van der Waals surface area contributed by atoms with Gasteiger partial charge in [-0.3, -0.25) is 4.79 Å². The molecule has 0 radical (unpaired) electrons. The second kappa shape index (κ2) is 7.69. The van der Waals surface area contributed by atoms with Crippen molar-refractivity contribution in [2.24, 2.45) is 23.5 Å². The van der Waals surface area contributed by atoms with Gasteiger partial charge in [0.1, 0.15) is 0 Å². The number of hydrogen-bond acceptors (Lipinski definition) is 2. The Morgan fingerprint density at radius 2 is 1.80 bits per heavy atom. The van der Waals surface area contributed by atoms with Gasteiger partial charge in [-0.1, -0.05) is 27.7 Å². The van der Waals surface area contributed by atoms with Crippen LogP contribution >= 0.6 is 0 Å². The highest BCUT2D eigenvalue weighted by Crippen LogP contribution is 2.13. The Morgan fingerprint density at radius 1 is 1.20 bits per heavy atom. The number of nitrogens with two attached hydrogens (primary N) is 1. The first kappa shape index (κ1) is 14.4. The van der Waals surface area contributed by atoms with Crippen LogP contribution in [0.1, 0.15) is 40.5 Å². The fourth-order valence-corrected chi connectivity index (χ4v) is 1.58. The maximum absolute atomic E-state index is 11.5. The molecule has 3 N–H and O–H groups in total. The minimum Gasteiger partial charge on any atom is -0.356 e. The van der Waals surface area contributed by atoms with Crippen molar-refractivity contribution < 1.29 is 4.79 Å². The molecule has 3 nitrogen and oxygen atoms in total. The van der Waals surface area contributed by atoms with Crippen LogP contribution in [0.25, 0.3) is 0 Å². The lowest BCUT2D eigenvalue weighted by atomic mass is 9.94. The van der Waals surface area contributed by atoms with Crippen molar-refractivity contribution in [3.05, 3.63) is 0 Å². The fourth-order valence-electron chi connectivity index (χ4n) is 1.58. The van der Waals surface area contributed by atoms with Gasteiger partial charge >= 0.3 is 0 Å². The lowest BCUT2D eigenvalue weighted by Gasteiger charge is -2.17. The Hall–Kier alpha value is -0.570. The first-order chi connectivity index (χ1) is 6.95. The topological polar surface area (TPSA) is 55.1 Å². The molecule has 0 aliphatic heterocycles. The average molecular weight is 214 g/mol. The van der Waals surface area contributed by atoms with E-state index in [1.807, 2.05) is 0 Å². The van der Waals surface area contributed by atoms with Crippen molar-refractivity contribution in [3.63, 3.8) is 0 Å². The van der Waals surface area contributed by atoms with E-state index in [-0.39, 0.29) is 5.91 Å². The van der Waals surface area contributed by atoms with Crippen molar-refractivity contribution in [1.29, 1.82) is 0 Å². The van der Waals surface area contributed by atoms with E-state index < -0.39 is 0 Å². The monoisotopic (exact) mass is 214 g/mol. The number of rotatable bonds is 7. The van der Waals surface area contributed by atoms with Crippen molar-refractivity contribution in [3.8, 4) is 0 Å². The molecule has 90 valence electrons. The van der Waals surface area contributed by atoms with Gasteiger partial charge in [0.2, 0.25) is 5.91 Å². The Kier molecular flexibility index (Phi) is 7.39. The van der Waals surface area contributed by atoms with Gasteiger partial charge in [0.05, 0.1) is 0 Å². The lowest BCUT2D eigenvalue weighted by Crippen LogP contribution is -2.31. The van der Waals surface area contributed by atoms with Gasteiger partial charge in [-0.05, 0) is 30.7 Å². The molecule has 1 unspecified atom stereocenters. The van der Waals surface area contributed by atoms with Gasteiger partial charge in [-0.25, -0.2) is 0 Å². The molecule has 0 rings (SSSR count). The van der Waals surface area contributed by atoms with Crippen molar-refractivity contribution in [2.75, 3.05) is 13.1 Å². The Balaban J connectivity index is 3.80. The van der Waals surface area contributed by atoms with Crippen LogP contribution in [0.5, 0.6) is 0 Å². The maximum Gasteiger partial charge on any atom is 0.220 e. The molecular formula is C12H26N2O. The fraction of sp³-hybridized carbons (Fsp3) is 0.917. The number of nitrogens with one attached hydrogen (secondary N) is 1.